The largest absolute Gasteiger partial charge is 0.279 e. The van der Waals surface area contributed by atoms with Crippen molar-refractivity contribution in [2.75, 3.05) is 0 Å². The molecule has 0 aliphatic heterocycles. The highest BCUT2D eigenvalue weighted by atomic mass is 32.2. The van der Waals surface area contributed by atoms with Crippen LogP contribution in [0.4, 0.5) is 0 Å². The molecule has 2 rings (SSSR count). The maximum absolute atomic E-state index is 13.1. The summed E-state index contributed by atoms with van der Waals surface area (Å²) in [6, 6.07) is 4.24. The molecule has 7 nitrogen and oxygen atoms in total. The molecule has 0 saturated heterocycles. The van der Waals surface area contributed by atoms with Crippen LogP contribution in [-0.2, 0) is 14.8 Å². The summed E-state index contributed by atoms with van der Waals surface area (Å²) in [6.07, 6.45) is 0. The van der Waals surface area contributed by atoms with Crippen LogP contribution in [0.25, 0.3) is 0 Å². The minimum atomic E-state index is -3.96. The number of thiophene rings is 1. The Bertz CT molecular complexity index is 987. The smallest absolute Gasteiger partial charge is 0.271 e. The Hall–Kier alpha value is -2.23. The second kappa shape index (κ2) is 9.06. The zero-order valence-corrected chi connectivity index (χ0v) is 19.0. The number of hydrazine groups is 1. The second-order valence-corrected chi connectivity index (χ2v) is 9.95. The van der Waals surface area contributed by atoms with Gasteiger partial charge in [0.05, 0.1) is 9.77 Å². The van der Waals surface area contributed by atoms with E-state index in [1.807, 2.05) is 19.9 Å². The van der Waals surface area contributed by atoms with E-state index in [1.165, 1.54) is 11.3 Å². The van der Waals surface area contributed by atoms with Gasteiger partial charge in [0.15, 0.2) is 0 Å². The van der Waals surface area contributed by atoms with Crippen molar-refractivity contribution in [1.29, 1.82) is 0 Å². The van der Waals surface area contributed by atoms with Gasteiger partial charge in [0, 0.05) is 0 Å². The number of amides is 2. The Morgan fingerprint density at radius 1 is 1.00 bits per heavy atom. The van der Waals surface area contributed by atoms with E-state index < -0.39 is 27.9 Å². The molecule has 0 aliphatic rings. The predicted octanol–water partition coefficient (Wildman–Crippen LogP) is 2.75. The van der Waals surface area contributed by atoms with Gasteiger partial charge in [-0.05, 0) is 67.3 Å². The normalized spacial score (nSPS) is 12.7. The molecule has 29 heavy (non-hydrogen) atoms. The first-order valence-corrected chi connectivity index (χ1v) is 11.6. The van der Waals surface area contributed by atoms with Crippen LogP contribution in [0.2, 0.25) is 0 Å². The molecule has 1 heterocycles. The molecule has 2 aromatic rings. The number of hydrogen-bond donors (Lipinski definition) is 3. The van der Waals surface area contributed by atoms with Crippen LogP contribution in [-0.4, -0.2) is 26.3 Å². The van der Waals surface area contributed by atoms with E-state index in [4.69, 9.17) is 0 Å². The van der Waals surface area contributed by atoms with Crippen LogP contribution in [0.3, 0.4) is 0 Å². The lowest BCUT2D eigenvalue weighted by molar-refractivity contribution is -0.124. The molecule has 0 radical (unpaired) electrons. The number of aryl methyl sites for hydroxylation is 2. The number of nitrogens with one attached hydrogen (secondary N) is 3. The highest BCUT2D eigenvalue weighted by Crippen LogP contribution is 2.26. The first-order valence-electron chi connectivity index (χ1n) is 9.19. The minimum absolute atomic E-state index is 0.191. The predicted molar refractivity (Wildman–Crippen MR) is 114 cm³/mol. The molecule has 158 valence electrons. The monoisotopic (exact) mass is 437 g/mol. The second-order valence-electron chi connectivity index (χ2n) is 7.35. The van der Waals surface area contributed by atoms with Gasteiger partial charge in [-0.15, -0.1) is 11.3 Å². The summed E-state index contributed by atoms with van der Waals surface area (Å²) < 4.78 is 28.8. The van der Waals surface area contributed by atoms with Crippen molar-refractivity contribution in [2.45, 2.75) is 52.5 Å². The Labute approximate surface area is 175 Å². The molecule has 0 saturated carbocycles. The number of benzene rings is 1. The lowest BCUT2D eigenvalue weighted by Crippen LogP contribution is -2.54. The fourth-order valence-corrected chi connectivity index (χ4v) is 5.55. The maximum Gasteiger partial charge on any atom is 0.279 e. The van der Waals surface area contributed by atoms with Gasteiger partial charge in [-0.25, -0.2) is 8.42 Å². The molecule has 2 amide bonds. The van der Waals surface area contributed by atoms with Crippen LogP contribution in [0.1, 0.15) is 45.8 Å². The minimum Gasteiger partial charge on any atom is -0.271 e. The Morgan fingerprint density at radius 2 is 1.59 bits per heavy atom. The van der Waals surface area contributed by atoms with E-state index in [0.717, 1.165) is 11.1 Å². The van der Waals surface area contributed by atoms with E-state index >= 15 is 0 Å². The van der Waals surface area contributed by atoms with Crippen LogP contribution in [0.15, 0.2) is 28.5 Å². The van der Waals surface area contributed by atoms with E-state index in [1.54, 1.807) is 45.2 Å². The van der Waals surface area contributed by atoms with Gasteiger partial charge in [0.1, 0.15) is 6.04 Å². The Balaban J connectivity index is 2.24. The van der Waals surface area contributed by atoms with E-state index in [9.17, 15) is 18.0 Å². The molecule has 0 unspecified atom stereocenters. The fraction of sp³-hybridized carbons (Fsp3) is 0.400. The molecule has 0 bridgehead atoms. The van der Waals surface area contributed by atoms with Gasteiger partial charge >= 0.3 is 0 Å². The fourth-order valence-electron chi connectivity index (χ4n) is 2.97. The Kier molecular flexibility index (Phi) is 7.20. The average Bonchev–Trinajstić information content (AvgIpc) is 3.17. The summed E-state index contributed by atoms with van der Waals surface area (Å²) >= 11 is 1.24. The van der Waals surface area contributed by atoms with Crippen molar-refractivity contribution in [3.8, 4) is 0 Å². The molecule has 0 fully saturated rings. The third-order valence-corrected chi connectivity index (χ3v) is 7.42. The Morgan fingerprint density at radius 3 is 2.07 bits per heavy atom. The van der Waals surface area contributed by atoms with E-state index in [0.29, 0.717) is 16.0 Å². The maximum atomic E-state index is 13.1. The summed E-state index contributed by atoms with van der Waals surface area (Å²) in [4.78, 5) is 25.3. The van der Waals surface area contributed by atoms with Gasteiger partial charge in [-0.1, -0.05) is 26.0 Å². The lowest BCUT2D eigenvalue weighted by atomic mass is 10.0. The number of rotatable bonds is 6. The first-order chi connectivity index (χ1) is 13.5. The number of sulfonamides is 1. The van der Waals surface area contributed by atoms with Gasteiger partial charge in [0.25, 0.3) is 11.8 Å². The zero-order chi connectivity index (χ0) is 21.9. The highest BCUT2D eigenvalue weighted by Gasteiger charge is 2.31. The van der Waals surface area contributed by atoms with Gasteiger partial charge in [-0.2, -0.15) is 4.72 Å². The van der Waals surface area contributed by atoms with Crippen molar-refractivity contribution in [3.63, 3.8) is 0 Å². The topological polar surface area (TPSA) is 104 Å². The van der Waals surface area contributed by atoms with Crippen LogP contribution >= 0.6 is 11.3 Å². The van der Waals surface area contributed by atoms with Crippen LogP contribution < -0.4 is 15.6 Å². The molecule has 1 atom stereocenters. The first kappa shape index (κ1) is 23.1. The van der Waals surface area contributed by atoms with E-state index in [-0.39, 0.29) is 10.8 Å². The summed E-state index contributed by atoms with van der Waals surface area (Å²) in [7, 11) is -3.96. The van der Waals surface area contributed by atoms with Gasteiger partial charge in [0.2, 0.25) is 10.0 Å². The number of carbonyl (C=O) groups is 2. The number of hydrogen-bond acceptors (Lipinski definition) is 5. The molecule has 1 aromatic heterocycles. The third kappa shape index (κ3) is 5.23. The molecule has 3 N–H and O–H groups in total. The van der Waals surface area contributed by atoms with Crippen molar-refractivity contribution < 1.29 is 18.0 Å². The SMILES string of the molecule is Cc1cc(C)c(C)c(S(=O)(=O)N[C@H](C(=O)NNC(=O)c2cccs2)C(C)C)c1C. The zero-order valence-electron chi connectivity index (χ0n) is 17.4. The summed E-state index contributed by atoms with van der Waals surface area (Å²) in [6.45, 7) is 10.7. The molecular formula is C20H27N3O4S2. The summed E-state index contributed by atoms with van der Waals surface area (Å²) in [5, 5.41) is 1.75. The number of carbonyl (C=O) groups excluding carboxylic acids is 2. The third-order valence-electron chi connectivity index (χ3n) is 4.84. The van der Waals surface area contributed by atoms with Crippen LogP contribution in [0.5, 0.6) is 0 Å². The van der Waals surface area contributed by atoms with Gasteiger partial charge in [-0.3, -0.25) is 20.4 Å². The quantitative estimate of drug-likeness (QED) is 0.605. The molecule has 1 aromatic carbocycles. The highest BCUT2D eigenvalue weighted by molar-refractivity contribution is 7.89. The molecular weight excluding hydrogens is 410 g/mol. The molecule has 0 aliphatic carbocycles. The van der Waals surface area contributed by atoms with Crippen molar-refractivity contribution in [2.24, 2.45) is 5.92 Å². The van der Waals surface area contributed by atoms with Gasteiger partial charge < -0.3 is 0 Å². The van der Waals surface area contributed by atoms with Crippen molar-refractivity contribution in [1.82, 2.24) is 15.6 Å². The summed E-state index contributed by atoms with van der Waals surface area (Å²) in [5.74, 6) is -1.43. The van der Waals surface area contributed by atoms with E-state index in [2.05, 4.69) is 15.6 Å². The van der Waals surface area contributed by atoms with Crippen molar-refractivity contribution in [3.05, 3.63) is 50.7 Å². The molecule has 9 heteroatoms. The lowest BCUT2D eigenvalue weighted by Gasteiger charge is -2.23. The average molecular weight is 438 g/mol. The van der Waals surface area contributed by atoms with Crippen molar-refractivity contribution >= 4 is 33.2 Å². The van der Waals surface area contributed by atoms with Crippen LogP contribution in [0, 0.1) is 33.6 Å². The standard InChI is InChI=1S/C20H27N3O4S2/c1-11(2)17(20(25)22-21-19(24)16-8-7-9-28-16)23-29(26,27)18-14(5)12(3)10-13(4)15(18)6/h7-11,17,23H,1-6H3,(H,21,24)(H,22,25)/t17-/m0/s1. The summed E-state index contributed by atoms with van der Waals surface area (Å²) in [5.41, 5.74) is 7.67. The molecule has 0 spiro atoms.